The van der Waals surface area contributed by atoms with Crippen molar-refractivity contribution in [3.05, 3.63) is 11.1 Å². The summed E-state index contributed by atoms with van der Waals surface area (Å²) in [7, 11) is 0. The minimum absolute atomic E-state index is 0.182. The Morgan fingerprint density at radius 2 is 1.76 bits per heavy atom. The summed E-state index contributed by atoms with van der Waals surface area (Å²) in [6.07, 6.45) is 10.5. The summed E-state index contributed by atoms with van der Waals surface area (Å²) < 4.78 is 0. The predicted octanol–water partition coefficient (Wildman–Crippen LogP) is 3.96. The van der Waals surface area contributed by atoms with Crippen LogP contribution >= 0.6 is 11.3 Å². The monoisotopic (exact) mass is 302 g/mol. The van der Waals surface area contributed by atoms with E-state index in [1.165, 1.54) is 44.2 Å². The van der Waals surface area contributed by atoms with Crippen LogP contribution in [0.4, 0.5) is 5.13 Å². The minimum atomic E-state index is 0.182. The Morgan fingerprint density at radius 3 is 2.33 bits per heavy atom. The third kappa shape index (κ3) is 2.06. The molecule has 5 saturated carbocycles. The van der Waals surface area contributed by atoms with Crippen molar-refractivity contribution < 1.29 is 4.79 Å². The number of aromatic nitrogens is 1. The lowest BCUT2D eigenvalue weighted by Crippen LogP contribution is -2.48. The average molecular weight is 302 g/mol. The molecule has 1 N–H and O–H groups in total. The lowest BCUT2D eigenvalue weighted by Gasteiger charge is -2.56. The fourth-order valence-electron chi connectivity index (χ4n) is 5.55. The molecule has 112 valence electrons. The SMILES string of the molecule is O=C(Nc1nc(C23CC4CC(CC(C4)C2)C3)cs1)C1CC1. The molecule has 0 atom stereocenters. The highest BCUT2D eigenvalue weighted by Gasteiger charge is 2.52. The molecule has 0 saturated heterocycles. The van der Waals surface area contributed by atoms with Gasteiger partial charge < -0.3 is 5.32 Å². The number of hydrogen-bond donors (Lipinski definition) is 1. The van der Waals surface area contributed by atoms with Gasteiger partial charge in [0, 0.05) is 16.7 Å². The predicted molar refractivity (Wildman–Crippen MR) is 83.3 cm³/mol. The van der Waals surface area contributed by atoms with E-state index >= 15 is 0 Å². The van der Waals surface area contributed by atoms with Gasteiger partial charge in [0.1, 0.15) is 0 Å². The third-order valence-electron chi connectivity index (χ3n) is 6.26. The molecular formula is C17H22N2OS. The van der Waals surface area contributed by atoms with Crippen molar-refractivity contribution >= 4 is 22.4 Å². The zero-order valence-electron chi connectivity index (χ0n) is 12.3. The lowest BCUT2D eigenvalue weighted by atomic mass is 9.49. The molecule has 0 aliphatic heterocycles. The molecule has 1 amide bonds. The Labute approximate surface area is 129 Å². The highest BCUT2D eigenvalue weighted by Crippen LogP contribution is 2.60. The van der Waals surface area contributed by atoms with Crippen molar-refractivity contribution in [3.8, 4) is 0 Å². The van der Waals surface area contributed by atoms with Crippen LogP contribution in [0.3, 0.4) is 0 Å². The average Bonchev–Trinajstić information content (AvgIpc) is 3.17. The van der Waals surface area contributed by atoms with Crippen LogP contribution in [0.25, 0.3) is 0 Å². The number of nitrogens with one attached hydrogen (secondary N) is 1. The number of hydrogen-bond acceptors (Lipinski definition) is 3. The first-order chi connectivity index (χ1) is 10.2. The third-order valence-corrected chi connectivity index (χ3v) is 7.02. The summed E-state index contributed by atoms with van der Waals surface area (Å²) in [5.74, 6) is 3.28. The Kier molecular flexibility index (Phi) is 2.59. The molecule has 1 heterocycles. The van der Waals surface area contributed by atoms with E-state index in [9.17, 15) is 4.79 Å². The van der Waals surface area contributed by atoms with E-state index in [4.69, 9.17) is 4.98 Å². The van der Waals surface area contributed by atoms with Gasteiger partial charge in [-0.25, -0.2) is 4.98 Å². The molecule has 5 fully saturated rings. The maximum Gasteiger partial charge on any atom is 0.229 e. The summed E-state index contributed by atoms with van der Waals surface area (Å²) in [4.78, 5) is 16.7. The van der Waals surface area contributed by atoms with Crippen molar-refractivity contribution in [2.75, 3.05) is 5.32 Å². The van der Waals surface area contributed by atoms with Gasteiger partial charge in [0.05, 0.1) is 5.69 Å². The molecule has 4 bridgehead atoms. The molecule has 5 aliphatic carbocycles. The number of rotatable bonds is 3. The smallest absolute Gasteiger partial charge is 0.229 e. The second-order valence-electron chi connectivity index (χ2n) is 8.00. The summed E-state index contributed by atoms with van der Waals surface area (Å²) in [6, 6.07) is 0. The molecule has 0 spiro atoms. The van der Waals surface area contributed by atoms with Crippen LogP contribution in [-0.2, 0) is 10.2 Å². The number of amides is 1. The zero-order chi connectivity index (χ0) is 14.0. The van der Waals surface area contributed by atoms with Crippen LogP contribution in [-0.4, -0.2) is 10.9 Å². The second kappa shape index (κ2) is 4.31. The van der Waals surface area contributed by atoms with Crippen molar-refractivity contribution in [2.45, 2.75) is 56.8 Å². The molecule has 0 unspecified atom stereocenters. The second-order valence-corrected chi connectivity index (χ2v) is 8.86. The highest BCUT2D eigenvalue weighted by atomic mass is 32.1. The minimum Gasteiger partial charge on any atom is -0.302 e. The van der Waals surface area contributed by atoms with E-state index in [0.29, 0.717) is 5.41 Å². The normalized spacial score (nSPS) is 40.5. The number of thiazole rings is 1. The van der Waals surface area contributed by atoms with Gasteiger partial charge in [-0.3, -0.25) is 4.79 Å². The summed E-state index contributed by atoms with van der Waals surface area (Å²) in [5, 5.41) is 6.09. The van der Waals surface area contributed by atoms with Crippen molar-refractivity contribution in [1.82, 2.24) is 4.98 Å². The molecular weight excluding hydrogens is 280 g/mol. The maximum absolute atomic E-state index is 11.9. The number of nitrogens with zero attached hydrogens (tertiary/aromatic N) is 1. The van der Waals surface area contributed by atoms with Crippen molar-refractivity contribution in [1.29, 1.82) is 0 Å². The Hall–Kier alpha value is -0.900. The number of anilines is 1. The quantitative estimate of drug-likeness (QED) is 0.918. The largest absolute Gasteiger partial charge is 0.302 e. The summed E-state index contributed by atoms with van der Waals surface area (Å²) in [6.45, 7) is 0. The molecule has 6 rings (SSSR count). The van der Waals surface area contributed by atoms with Crippen molar-refractivity contribution in [3.63, 3.8) is 0 Å². The van der Waals surface area contributed by atoms with Gasteiger partial charge >= 0.3 is 0 Å². The topological polar surface area (TPSA) is 42.0 Å². The van der Waals surface area contributed by atoms with Crippen molar-refractivity contribution in [2.24, 2.45) is 23.7 Å². The Bertz CT molecular complexity index is 554. The lowest BCUT2D eigenvalue weighted by molar-refractivity contribution is -0.117. The van der Waals surface area contributed by atoms with Crippen LogP contribution in [0.2, 0.25) is 0 Å². The van der Waals surface area contributed by atoms with Gasteiger partial charge in [-0.1, -0.05) is 0 Å². The van der Waals surface area contributed by atoms with Crippen LogP contribution in [0.1, 0.15) is 57.1 Å². The fraction of sp³-hybridized carbons (Fsp3) is 0.765. The fourth-order valence-corrected chi connectivity index (χ4v) is 6.39. The molecule has 21 heavy (non-hydrogen) atoms. The zero-order valence-corrected chi connectivity index (χ0v) is 13.1. The first-order valence-corrected chi connectivity index (χ1v) is 9.35. The molecule has 4 heteroatoms. The first kappa shape index (κ1) is 12.6. The maximum atomic E-state index is 11.9. The highest BCUT2D eigenvalue weighted by molar-refractivity contribution is 7.14. The standard InChI is InChI=1S/C17H22N2OS/c20-15(13-1-2-13)19-16-18-14(9-21-16)17-6-10-3-11(7-17)5-12(4-10)8-17/h9-13H,1-8H2,(H,18,19,20). The van der Waals surface area contributed by atoms with Gasteiger partial charge in [-0.15, -0.1) is 11.3 Å². The van der Waals surface area contributed by atoms with Crippen LogP contribution in [0, 0.1) is 23.7 Å². The van der Waals surface area contributed by atoms with Gasteiger partial charge in [-0.2, -0.15) is 0 Å². The molecule has 0 aromatic carbocycles. The van der Waals surface area contributed by atoms with E-state index in [1.807, 2.05) is 0 Å². The molecule has 1 aromatic heterocycles. The Morgan fingerprint density at radius 1 is 1.14 bits per heavy atom. The summed E-state index contributed by atoms with van der Waals surface area (Å²) >= 11 is 1.63. The van der Waals surface area contributed by atoms with Crippen LogP contribution in [0.5, 0.6) is 0 Å². The van der Waals surface area contributed by atoms with E-state index in [1.54, 1.807) is 11.3 Å². The molecule has 0 radical (unpaired) electrons. The molecule has 5 aliphatic rings. The van der Waals surface area contributed by atoms with Crippen LogP contribution < -0.4 is 5.32 Å². The van der Waals surface area contributed by atoms with E-state index < -0.39 is 0 Å². The van der Waals surface area contributed by atoms with Crippen LogP contribution in [0.15, 0.2) is 5.38 Å². The van der Waals surface area contributed by atoms with Gasteiger partial charge in [-0.05, 0) is 69.1 Å². The number of carbonyl (C=O) groups excluding carboxylic acids is 1. The molecule has 1 aromatic rings. The summed E-state index contributed by atoms with van der Waals surface area (Å²) in [5.41, 5.74) is 1.64. The van der Waals surface area contributed by atoms with Gasteiger partial charge in [0.25, 0.3) is 0 Å². The molecule has 3 nitrogen and oxygen atoms in total. The van der Waals surface area contributed by atoms with E-state index in [0.717, 1.165) is 35.7 Å². The first-order valence-electron chi connectivity index (χ1n) is 8.47. The Balaban J connectivity index is 1.40. The van der Waals surface area contributed by atoms with E-state index in [-0.39, 0.29) is 11.8 Å². The number of carbonyl (C=O) groups is 1. The van der Waals surface area contributed by atoms with Gasteiger partial charge in [0.2, 0.25) is 5.91 Å². The van der Waals surface area contributed by atoms with Gasteiger partial charge in [0.15, 0.2) is 5.13 Å². The van der Waals surface area contributed by atoms with E-state index in [2.05, 4.69) is 10.7 Å².